The summed E-state index contributed by atoms with van der Waals surface area (Å²) in [5.41, 5.74) is 0.542. The number of carboxylic acids is 1. The molecular weight excluding hydrogens is 388 g/mol. The molecule has 2 N–H and O–H groups in total. The van der Waals surface area contributed by atoms with Crippen molar-refractivity contribution in [2.75, 3.05) is 11.9 Å². The average molecular weight is 402 g/mol. The number of rotatable bonds is 5. The molecule has 0 unspecified atom stereocenters. The maximum Gasteiger partial charge on any atom is 0.335 e. The summed E-state index contributed by atoms with van der Waals surface area (Å²) in [5, 5.41) is 11.5. The number of carbonyl (C=O) groups excluding carboxylic acids is 2. The molecule has 0 saturated carbocycles. The van der Waals surface area contributed by atoms with Gasteiger partial charge in [-0.3, -0.25) is 14.5 Å². The summed E-state index contributed by atoms with van der Waals surface area (Å²) in [6.45, 7) is 1.57. The lowest BCUT2D eigenvalue weighted by Gasteiger charge is -2.14. The molecule has 1 aliphatic rings. The topological polar surface area (TPSA) is 99.9 Å². The molecule has 2 heterocycles. The Hall–Kier alpha value is -2.91. The molecule has 0 bridgehead atoms. The van der Waals surface area contributed by atoms with Gasteiger partial charge in [0.1, 0.15) is 22.4 Å². The molecule has 0 radical (unpaired) electrons. The molecule has 7 nitrogen and oxygen atoms in total. The molecule has 1 fully saturated rings. The fourth-order valence-electron chi connectivity index (χ4n) is 2.34. The van der Waals surface area contributed by atoms with Crippen molar-refractivity contribution in [3.05, 3.63) is 58.4 Å². The highest BCUT2D eigenvalue weighted by Gasteiger charge is 2.33. The average Bonchev–Trinajstić information content (AvgIpc) is 3.13. The second-order valence-corrected chi connectivity index (χ2v) is 7.32. The summed E-state index contributed by atoms with van der Waals surface area (Å²) < 4.78 is 5.71. The number of benzene rings is 1. The molecule has 27 heavy (non-hydrogen) atoms. The van der Waals surface area contributed by atoms with Crippen LogP contribution >= 0.6 is 24.0 Å². The normalized spacial score (nSPS) is 15.4. The first-order valence-corrected chi connectivity index (χ1v) is 9.01. The summed E-state index contributed by atoms with van der Waals surface area (Å²) >= 11 is 6.30. The summed E-state index contributed by atoms with van der Waals surface area (Å²) in [4.78, 5) is 37.1. The van der Waals surface area contributed by atoms with E-state index in [1.165, 1.54) is 29.2 Å². The fraction of sp³-hybridized carbons (Fsp3) is 0.111. The minimum absolute atomic E-state index is 0.114. The molecule has 0 atom stereocenters. The fourth-order valence-corrected chi connectivity index (χ4v) is 3.57. The highest BCUT2D eigenvalue weighted by molar-refractivity contribution is 8.26. The number of amides is 2. The number of hydrogen-bond acceptors (Lipinski definition) is 6. The zero-order valence-corrected chi connectivity index (χ0v) is 15.7. The van der Waals surface area contributed by atoms with Gasteiger partial charge in [-0.15, -0.1) is 0 Å². The Labute approximate surface area is 164 Å². The molecule has 1 aliphatic heterocycles. The van der Waals surface area contributed by atoms with Crippen LogP contribution in [0.15, 0.2) is 45.7 Å². The maximum absolute atomic E-state index is 12.5. The van der Waals surface area contributed by atoms with Gasteiger partial charge in [-0.1, -0.05) is 24.0 Å². The third-order valence-electron chi connectivity index (χ3n) is 3.63. The van der Waals surface area contributed by atoms with Gasteiger partial charge < -0.3 is 14.8 Å². The monoisotopic (exact) mass is 402 g/mol. The number of aromatic carboxylic acids is 1. The largest absolute Gasteiger partial charge is 0.478 e. The van der Waals surface area contributed by atoms with Crippen LogP contribution in [0.1, 0.15) is 21.9 Å². The van der Waals surface area contributed by atoms with Crippen LogP contribution in [-0.4, -0.2) is 38.7 Å². The van der Waals surface area contributed by atoms with E-state index in [9.17, 15) is 14.4 Å². The number of anilines is 1. The van der Waals surface area contributed by atoms with Crippen molar-refractivity contribution < 1.29 is 23.9 Å². The Balaban J connectivity index is 1.65. The van der Waals surface area contributed by atoms with Gasteiger partial charge in [0.05, 0.1) is 10.5 Å². The molecule has 1 aromatic heterocycles. The predicted molar refractivity (Wildman–Crippen MR) is 105 cm³/mol. The number of nitrogens with zero attached hydrogens (tertiary/aromatic N) is 1. The van der Waals surface area contributed by atoms with E-state index in [0.29, 0.717) is 16.4 Å². The Morgan fingerprint density at radius 2 is 1.96 bits per heavy atom. The van der Waals surface area contributed by atoms with Crippen LogP contribution in [0.4, 0.5) is 5.69 Å². The van der Waals surface area contributed by atoms with E-state index in [1.807, 2.05) is 0 Å². The SMILES string of the molecule is Cc1ccc(/C=C2\SC(=S)N(CC(=O)Nc3ccc(C(=O)O)cc3)C2=O)o1. The van der Waals surface area contributed by atoms with Gasteiger partial charge in [0.15, 0.2) is 0 Å². The van der Waals surface area contributed by atoms with E-state index in [4.69, 9.17) is 21.7 Å². The van der Waals surface area contributed by atoms with Crippen LogP contribution in [0, 0.1) is 6.92 Å². The molecule has 2 amide bonds. The number of hydrogen-bond donors (Lipinski definition) is 2. The molecular formula is C18H14N2O5S2. The molecule has 1 aromatic carbocycles. The summed E-state index contributed by atoms with van der Waals surface area (Å²) in [6, 6.07) is 9.25. The van der Waals surface area contributed by atoms with E-state index in [0.717, 1.165) is 17.5 Å². The van der Waals surface area contributed by atoms with Gasteiger partial charge >= 0.3 is 5.97 Å². The van der Waals surface area contributed by atoms with Crippen LogP contribution in [0.2, 0.25) is 0 Å². The van der Waals surface area contributed by atoms with Crippen LogP contribution < -0.4 is 5.32 Å². The summed E-state index contributed by atoms with van der Waals surface area (Å²) in [7, 11) is 0. The van der Waals surface area contributed by atoms with Crippen molar-refractivity contribution in [3.63, 3.8) is 0 Å². The quantitative estimate of drug-likeness (QED) is 0.585. The van der Waals surface area contributed by atoms with Gasteiger partial charge in [0.2, 0.25) is 5.91 Å². The lowest BCUT2D eigenvalue weighted by Crippen LogP contribution is -2.36. The van der Waals surface area contributed by atoms with Crippen molar-refractivity contribution in [2.45, 2.75) is 6.92 Å². The number of nitrogens with one attached hydrogen (secondary N) is 1. The molecule has 2 aromatic rings. The van der Waals surface area contributed by atoms with Crippen molar-refractivity contribution in [1.82, 2.24) is 4.90 Å². The second kappa shape index (κ2) is 7.77. The third kappa shape index (κ3) is 4.44. The van der Waals surface area contributed by atoms with E-state index in [2.05, 4.69) is 5.32 Å². The maximum atomic E-state index is 12.5. The lowest BCUT2D eigenvalue weighted by atomic mass is 10.2. The van der Waals surface area contributed by atoms with Gasteiger partial charge in [-0.05, 0) is 43.3 Å². The van der Waals surface area contributed by atoms with Gasteiger partial charge in [0.25, 0.3) is 5.91 Å². The number of furan rings is 1. The van der Waals surface area contributed by atoms with E-state index >= 15 is 0 Å². The first-order valence-electron chi connectivity index (χ1n) is 7.78. The summed E-state index contributed by atoms with van der Waals surface area (Å²) in [6.07, 6.45) is 1.59. The summed E-state index contributed by atoms with van der Waals surface area (Å²) in [5.74, 6) is -0.593. The zero-order valence-electron chi connectivity index (χ0n) is 14.1. The van der Waals surface area contributed by atoms with Gasteiger partial charge in [-0.25, -0.2) is 4.79 Å². The van der Waals surface area contributed by atoms with Crippen molar-refractivity contribution in [1.29, 1.82) is 0 Å². The molecule has 1 saturated heterocycles. The lowest BCUT2D eigenvalue weighted by molar-refractivity contribution is -0.126. The zero-order chi connectivity index (χ0) is 19.6. The Bertz CT molecular complexity index is 962. The Kier molecular flexibility index (Phi) is 5.43. The number of aryl methyl sites for hydroxylation is 1. The minimum Gasteiger partial charge on any atom is -0.478 e. The van der Waals surface area contributed by atoms with E-state index in [-0.39, 0.29) is 22.3 Å². The molecule has 138 valence electrons. The van der Waals surface area contributed by atoms with Crippen molar-refractivity contribution >= 4 is 57.8 Å². The molecule has 3 rings (SSSR count). The van der Waals surface area contributed by atoms with Crippen LogP contribution in [0.5, 0.6) is 0 Å². The smallest absolute Gasteiger partial charge is 0.335 e. The number of carbonyl (C=O) groups is 3. The number of thiocarbonyl (C=S) groups is 1. The molecule has 0 spiro atoms. The van der Waals surface area contributed by atoms with Crippen molar-refractivity contribution in [2.24, 2.45) is 0 Å². The Morgan fingerprint density at radius 1 is 1.26 bits per heavy atom. The van der Waals surface area contributed by atoms with Crippen LogP contribution in [-0.2, 0) is 9.59 Å². The van der Waals surface area contributed by atoms with Gasteiger partial charge in [-0.2, -0.15) is 0 Å². The van der Waals surface area contributed by atoms with E-state index < -0.39 is 11.9 Å². The Morgan fingerprint density at radius 3 is 2.56 bits per heavy atom. The van der Waals surface area contributed by atoms with E-state index in [1.54, 1.807) is 25.1 Å². The third-order valence-corrected chi connectivity index (χ3v) is 5.00. The number of thioether (sulfide) groups is 1. The van der Waals surface area contributed by atoms with Gasteiger partial charge in [0, 0.05) is 11.8 Å². The highest BCUT2D eigenvalue weighted by atomic mass is 32.2. The molecule has 9 heteroatoms. The predicted octanol–water partition coefficient (Wildman–Crippen LogP) is 3.13. The highest BCUT2D eigenvalue weighted by Crippen LogP contribution is 2.32. The number of carboxylic acid groups (broad SMARTS) is 1. The van der Waals surface area contributed by atoms with Crippen LogP contribution in [0.25, 0.3) is 6.08 Å². The second-order valence-electron chi connectivity index (χ2n) is 5.65. The molecule has 0 aliphatic carbocycles. The first-order chi connectivity index (χ1) is 12.8. The first kappa shape index (κ1) is 18.9. The standard InChI is InChI=1S/C18H14N2O5S2/c1-10-2-7-13(25-10)8-14-16(22)20(18(26)27-14)9-15(21)19-12-5-3-11(4-6-12)17(23)24/h2-8H,9H2,1H3,(H,19,21)(H,23,24)/b14-8-. The van der Waals surface area contributed by atoms with Crippen molar-refractivity contribution in [3.8, 4) is 0 Å². The minimum atomic E-state index is -1.05. The van der Waals surface area contributed by atoms with Crippen LogP contribution in [0.3, 0.4) is 0 Å².